The van der Waals surface area contributed by atoms with Crippen LogP contribution < -0.4 is 5.32 Å². The van der Waals surface area contributed by atoms with E-state index in [1.54, 1.807) is 4.90 Å². The zero-order valence-electron chi connectivity index (χ0n) is 12.4. The Kier molecular flexibility index (Phi) is 6.28. The first-order valence-corrected chi connectivity index (χ1v) is 7.12. The zero-order valence-corrected chi connectivity index (χ0v) is 12.4. The molecule has 2 unspecified atom stereocenters. The Labute approximate surface area is 115 Å². The molecular formula is C14H26N2O3. The minimum atomic E-state index is -0.268. The highest BCUT2D eigenvalue weighted by molar-refractivity contribution is 5.84. The summed E-state index contributed by atoms with van der Waals surface area (Å²) in [6.45, 7) is 6.76. The molecule has 0 radical (unpaired) electrons. The van der Waals surface area contributed by atoms with E-state index in [-0.39, 0.29) is 30.5 Å². The van der Waals surface area contributed by atoms with E-state index in [1.807, 2.05) is 0 Å². The van der Waals surface area contributed by atoms with Gasteiger partial charge >= 0.3 is 5.97 Å². The summed E-state index contributed by atoms with van der Waals surface area (Å²) in [6.07, 6.45) is 3.09. The number of nitrogens with zero attached hydrogens (tertiary/aromatic N) is 1. The molecule has 19 heavy (non-hydrogen) atoms. The van der Waals surface area contributed by atoms with E-state index in [2.05, 4.69) is 30.8 Å². The number of carbonyl (C=O) groups is 2. The van der Waals surface area contributed by atoms with Gasteiger partial charge in [-0.15, -0.1) is 0 Å². The van der Waals surface area contributed by atoms with Crippen LogP contribution in [0.25, 0.3) is 0 Å². The lowest BCUT2D eigenvalue weighted by Crippen LogP contribution is -2.38. The molecule has 1 heterocycles. The average Bonchev–Trinajstić information content (AvgIpc) is 2.63. The molecule has 0 spiro atoms. The fraction of sp³-hybridized carbons (Fsp3) is 0.857. The SMILES string of the molecule is CCCC1NC(CC(C)C)C(=O)N1CCC(=O)OC. The Bertz CT molecular complexity index is 318. The Morgan fingerprint density at radius 1 is 1.47 bits per heavy atom. The van der Waals surface area contributed by atoms with E-state index in [1.165, 1.54) is 7.11 Å². The molecule has 0 aromatic rings. The van der Waals surface area contributed by atoms with Gasteiger partial charge in [0.15, 0.2) is 0 Å². The van der Waals surface area contributed by atoms with E-state index in [9.17, 15) is 9.59 Å². The summed E-state index contributed by atoms with van der Waals surface area (Å²) in [4.78, 5) is 25.4. The summed E-state index contributed by atoms with van der Waals surface area (Å²) < 4.78 is 4.63. The Morgan fingerprint density at radius 3 is 2.68 bits per heavy atom. The highest BCUT2D eigenvalue weighted by atomic mass is 16.5. The molecule has 1 aliphatic rings. The van der Waals surface area contributed by atoms with Crippen molar-refractivity contribution in [1.29, 1.82) is 0 Å². The van der Waals surface area contributed by atoms with Crippen LogP contribution in [0.15, 0.2) is 0 Å². The van der Waals surface area contributed by atoms with Crippen LogP contribution >= 0.6 is 0 Å². The largest absolute Gasteiger partial charge is 0.469 e. The number of nitrogens with one attached hydrogen (secondary N) is 1. The number of amides is 1. The summed E-state index contributed by atoms with van der Waals surface area (Å²) in [7, 11) is 1.37. The van der Waals surface area contributed by atoms with Gasteiger partial charge in [0.1, 0.15) is 0 Å². The lowest BCUT2D eigenvalue weighted by Gasteiger charge is -2.23. The maximum atomic E-state index is 12.3. The van der Waals surface area contributed by atoms with Gasteiger partial charge in [-0.05, 0) is 18.8 Å². The van der Waals surface area contributed by atoms with Gasteiger partial charge in [-0.1, -0.05) is 27.2 Å². The maximum Gasteiger partial charge on any atom is 0.307 e. The van der Waals surface area contributed by atoms with Crippen LogP contribution in [0, 0.1) is 5.92 Å². The molecule has 110 valence electrons. The van der Waals surface area contributed by atoms with Crippen molar-refractivity contribution in [2.75, 3.05) is 13.7 Å². The molecule has 5 nitrogen and oxygen atoms in total. The van der Waals surface area contributed by atoms with Crippen LogP contribution in [-0.4, -0.2) is 42.6 Å². The molecule has 1 saturated heterocycles. The van der Waals surface area contributed by atoms with Gasteiger partial charge in [-0.3, -0.25) is 14.9 Å². The first-order valence-electron chi connectivity index (χ1n) is 7.12. The second-order valence-corrected chi connectivity index (χ2v) is 5.51. The molecule has 1 N–H and O–H groups in total. The predicted octanol–water partition coefficient (Wildman–Crippen LogP) is 1.52. The van der Waals surface area contributed by atoms with Gasteiger partial charge in [0.2, 0.25) is 5.91 Å². The number of rotatable bonds is 7. The van der Waals surface area contributed by atoms with Crippen LogP contribution in [0.2, 0.25) is 0 Å². The van der Waals surface area contributed by atoms with E-state index < -0.39 is 0 Å². The first-order chi connectivity index (χ1) is 8.99. The maximum absolute atomic E-state index is 12.3. The summed E-state index contributed by atoms with van der Waals surface area (Å²) in [5.41, 5.74) is 0. The second-order valence-electron chi connectivity index (χ2n) is 5.51. The summed E-state index contributed by atoms with van der Waals surface area (Å²) in [6, 6.07) is -0.103. The molecule has 0 bridgehead atoms. The molecule has 0 aromatic heterocycles. The first kappa shape index (κ1) is 16.0. The van der Waals surface area contributed by atoms with Crippen LogP contribution in [0.1, 0.15) is 46.5 Å². The minimum Gasteiger partial charge on any atom is -0.469 e. The van der Waals surface area contributed by atoms with Crippen molar-refractivity contribution in [3.05, 3.63) is 0 Å². The third-order valence-electron chi connectivity index (χ3n) is 3.40. The van der Waals surface area contributed by atoms with E-state index in [0.29, 0.717) is 12.5 Å². The topological polar surface area (TPSA) is 58.6 Å². The monoisotopic (exact) mass is 270 g/mol. The summed E-state index contributed by atoms with van der Waals surface area (Å²) in [5.74, 6) is 0.329. The number of hydrogen-bond acceptors (Lipinski definition) is 4. The van der Waals surface area contributed by atoms with Crippen LogP contribution in [0.4, 0.5) is 0 Å². The van der Waals surface area contributed by atoms with E-state index >= 15 is 0 Å². The van der Waals surface area contributed by atoms with Crippen molar-refractivity contribution < 1.29 is 14.3 Å². The van der Waals surface area contributed by atoms with Crippen molar-refractivity contribution in [1.82, 2.24) is 10.2 Å². The molecule has 1 amide bonds. The highest BCUT2D eigenvalue weighted by Gasteiger charge is 2.38. The second kappa shape index (κ2) is 7.48. The Hall–Kier alpha value is -1.10. The third-order valence-corrected chi connectivity index (χ3v) is 3.40. The highest BCUT2D eigenvalue weighted by Crippen LogP contribution is 2.20. The molecular weight excluding hydrogens is 244 g/mol. The molecule has 1 aliphatic heterocycles. The Balaban J connectivity index is 2.63. The molecule has 2 atom stereocenters. The fourth-order valence-corrected chi connectivity index (χ4v) is 2.48. The van der Waals surface area contributed by atoms with Crippen molar-refractivity contribution in [3.63, 3.8) is 0 Å². The Morgan fingerprint density at radius 2 is 2.16 bits per heavy atom. The van der Waals surface area contributed by atoms with Crippen molar-refractivity contribution >= 4 is 11.9 Å². The zero-order chi connectivity index (χ0) is 14.4. The lowest BCUT2D eigenvalue weighted by atomic mass is 10.0. The molecule has 1 fully saturated rings. The van der Waals surface area contributed by atoms with E-state index in [4.69, 9.17) is 0 Å². The van der Waals surface area contributed by atoms with Crippen LogP contribution in [0.5, 0.6) is 0 Å². The third kappa shape index (κ3) is 4.49. The normalized spacial score (nSPS) is 23.2. The fourth-order valence-electron chi connectivity index (χ4n) is 2.48. The van der Waals surface area contributed by atoms with Crippen LogP contribution in [0.3, 0.4) is 0 Å². The van der Waals surface area contributed by atoms with Gasteiger partial charge in [0.25, 0.3) is 0 Å². The van der Waals surface area contributed by atoms with Gasteiger partial charge in [-0.2, -0.15) is 0 Å². The smallest absolute Gasteiger partial charge is 0.307 e. The predicted molar refractivity (Wildman–Crippen MR) is 73.4 cm³/mol. The molecule has 0 aliphatic carbocycles. The lowest BCUT2D eigenvalue weighted by molar-refractivity contribution is -0.141. The van der Waals surface area contributed by atoms with Gasteiger partial charge in [0, 0.05) is 6.54 Å². The molecule has 1 rings (SSSR count). The van der Waals surface area contributed by atoms with Crippen molar-refractivity contribution in [2.45, 2.75) is 58.7 Å². The standard InChI is InChI=1S/C14H26N2O3/c1-5-6-12-15-11(9-10(2)3)14(18)16(12)8-7-13(17)19-4/h10-12,15H,5-9H2,1-4H3. The minimum absolute atomic E-state index is 0.0610. The number of esters is 1. The number of carbonyl (C=O) groups excluding carboxylic acids is 2. The van der Waals surface area contributed by atoms with Gasteiger partial charge < -0.3 is 9.64 Å². The quantitative estimate of drug-likeness (QED) is 0.713. The molecule has 0 aromatic carbocycles. The summed E-state index contributed by atoms with van der Waals surface area (Å²) in [5, 5.41) is 3.39. The number of methoxy groups -OCH3 is 1. The average molecular weight is 270 g/mol. The summed E-state index contributed by atoms with van der Waals surface area (Å²) >= 11 is 0. The number of hydrogen-bond donors (Lipinski definition) is 1. The van der Waals surface area contributed by atoms with Crippen molar-refractivity contribution in [3.8, 4) is 0 Å². The van der Waals surface area contributed by atoms with Crippen molar-refractivity contribution in [2.24, 2.45) is 5.92 Å². The van der Waals surface area contributed by atoms with E-state index in [0.717, 1.165) is 19.3 Å². The van der Waals surface area contributed by atoms with Crippen LogP contribution in [-0.2, 0) is 14.3 Å². The molecule has 0 saturated carbocycles. The molecule has 5 heteroatoms. The number of ether oxygens (including phenoxy) is 1. The van der Waals surface area contributed by atoms with Gasteiger partial charge in [-0.25, -0.2) is 0 Å². The van der Waals surface area contributed by atoms with Gasteiger partial charge in [0.05, 0.1) is 25.7 Å².